The fraction of sp³-hybridized carbons (Fsp3) is 0.455. The van der Waals surface area contributed by atoms with E-state index in [1.165, 1.54) is 5.56 Å². The van der Waals surface area contributed by atoms with E-state index in [2.05, 4.69) is 10.3 Å². The number of hydrogen-bond acceptors (Lipinski definition) is 3. The van der Waals surface area contributed by atoms with Crippen molar-refractivity contribution in [3.63, 3.8) is 0 Å². The third-order valence-corrected chi connectivity index (χ3v) is 2.24. The number of pyridine rings is 1. The predicted molar refractivity (Wildman–Crippen MR) is 59.4 cm³/mol. The molecule has 1 aromatic heterocycles. The molecule has 15 heavy (non-hydrogen) atoms. The summed E-state index contributed by atoms with van der Waals surface area (Å²) < 4.78 is 0. The average molecular weight is 207 g/mol. The largest absolute Gasteiger partial charge is 0.348 e. The fourth-order valence-corrected chi connectivity index (χ4v) is 1.14. The molecule has 0 radical (unpaired) electrons. The zero-order chi connectivity index (χ0) is 11.3. The highest BCUT2D eigenvalue weighted by molar-refractivity contribution is 5.77. The molecule has 82 valence electrons. The lowest BCUT2D eigenvalue weighted by Crippen LogP contribution is -2.32. The smallest absolute Gasteiger partial charge is 0.236 e. The van der Waals surface area contributed by atoms with E-state index in [0.29, 0.717) is 13.1 Å². The molecule has 0 bridgehead atoms. The quantitative estimate of drug-likeness (QED) is 0.785. The molecule has 0 saturated carbocycles. The molecule has 0 saturated heterocycles. The standard InChI is InChI=1S/C11H17N3O/c1-9-4-5-12-6-10(9)7-13-8-11(15)14(2)3/h4-6,13H,7-8H2,1-3H3. The van der Waals surface area contributed by atoms with Gasteiger partial charge in [-0.15, -0.1) is 0 Å². The van der Waals surface area contributed by atoms with E-state index < -0.39 is 0 Å². The zero-order valence-electron chi connectivity index (χ0n) is 9.45. The Morgan fingerprint density at radius 2 is 2.27 bits per heavy atom. The van der Waals surface area contributed by atoms with Crippen LogP contribution in [-0.4, -0.2) is 36.4 Å². The van der Waals surface area contributed by atoms with Crippen molar-refractivity contribution in [2.45, 2.75) is 13.5 Å². The lowest BCUT2D eigenvalue weighted by molar-refractivity contribution is -0.127. The molecule has 0 fully saturated rings. The second-order valence-electron chi connectivity index (χ2n) is 3.69. The van der Waals surface area contributed by atoms with Crippen molar-refractivity contribution < 1.29 is 4.79 Å². The number of likely N-dealkylation sites (N-methyl/N-ethyl adjacent to an activating group) is 1. The molecule has 1 heterocycles. The number of aryl methyl sites for hydroxylation is 1. The SMILES string of the molecule is Cc1ccncc1CNCC(=O)N(C)C. The van der Waals surface area contributed by atoms with Crippen molar-refractivity contribution in [2.75, 3.05) is 20.6 Å². The van der Waals surface area contributed by atoms with E-state index in [4.69, 9.17) is 0 Å². The van der Waals surface area contributed by atoms with E-state index in [1.54, 1.807) is 25.2 Å². The van der Waals surface area contributed by atoms with Gasteiger partial charge in [0.05, 0.1) is 6.54 Å². The maximum atomic E-state index is 11.3. The van der Waals surface area contributed by atoms with Gasteiger partial charge in [-0.25, -0.2) is 0 Å². The summed E-state index contributed by atoms with van der Waals surface area (Å²) in [6.07, 6.45) is 3.59. The second-order valence-corrected chi connectivity index (χ2v) is 3.69. The summed E-state index contributed by atoms with van der Waals surface area (Å²) in [4.78, 5) is 16.9. The summed E-state index contributed by atoms with van der Waals surface area (Å²) in [5.41, 5.74) is 2.32. The number of nitrogens with zero attached hydrogens (tertiary/aromatic N) is 2. The van der Waals surface area contributed by atoms with Gasteiger partial charge in [0, 0.05) is 33.0 Å². The molecule has 1 rings (SSSR count). The summed E-state index contributed by atoms with van der Waals surface area (Å²) in [7, 11) is 3.50. The Hall–Kier alpha value is -1.42. The van der Waals surface area contributed by atoms with Crippen LogP contribution in [0.4, 0.5) is 0 Å². The summed E-state index contributed by atoms with van der Waals surface area (Å²) in [5, 5.41) is 3.09. The van der Waals surface area contributed by atoms with E-state index in [0.717, 1.165) is 5.56 Å². The van der Waals surface area contributed by atoms with Crippen LogP contribution in [0.3, 0.4) is 0 Å². The zero-order valence-corrected chi connectivity index (χ0v) is 9.45. The Morgan fingerprint density at radius 3 is 2.87 bits per heavy atom. The monoisotopic (exact) mass is 207 g/mol. The van der Waals surface area contributed by atoms with Crippen LogP contribution in [0.25, 0.3) is 0 Å². The number of hydrogen-bond donors (Lipinski definition) is 1. The summed E-state index contributed by atoms with van der Waals surface area (Å²) in [5.74, 6) is 0.0801. The van der Waals surface area contributed by atoms with Crippen LogP contribution in [-0.2, 0) is 11.3 Å². The predicted octanol–water partition coefficient (Wildman–Crippen LogP) is 0.568. The maximum absolute atomic E-state index is 11.3. The molecular weight excluding hydrogens is 190 g/mol. The van der Waals surface area contributed by atoms with Crippen LogP contribution in [0.2, 0.25) is 0 Å². The van der Waals surface area contributed by atoms with Gasteiger partial charge in [0.15, 0.2) is 0 Å². The Balaban J connectivity index is 2.38. The first kappa shape index (κ1) is 11.7. The van der Waals surface area contributed by atoms with Crippen LogP contribution in [0.5, 0.6) is 0 Å². The van der Waals surface area contributed by atoms with Crippen molar-refractivity contribution in [3.8, 4) is 0 Å². The summed E-state index contributed by atoms with van der Waals surface area (Å²) in [6.45, 7) is 3.08. The topological polar surface area (TPSA) is 45.2 Å². The van der Waals surface area contributed by atoms with Crippen LogP contribution in [0.1, 0.15) is 11.1 Å². The van der Waals surface area contributed by atoms with Gasteiger partial charge in [-0.1, -0.05) is 0 Å². The fourth-order valence-electron chi connectivity index (χ4n) is 1.14. The highest BCUT2D eigenvalue weighted by Crippen LogP contribution is 2.03. The van der Waals surface area contributed by atoms with Gasteiger partial charge in [-0.3, -0.25) is 9.78 Å². The molecule has 4 heteroatoms. The molecule has 0 aliphatic carbocycles. The minimum atomic E-state index is 0.0801. The summed E-state index contributed by atoms with van der Waals surface area (Å²) in [6, 6.07) is 1.96. The van der Waals surface area contributed by atoms with Crippen molar-refractivity contribution in [1.29, 1.82) is 0 Å². The molecule has 4 nitrogen and oxygen atoms in total. The Kier molecular flexibility index (Phi) is 4.24. The van der Waals surface area contributed by atoms with Gasteiger partial charge in [-0.2, -0.15) is 0 Å². The van der Waals surface area contributed by atoms with E-state index in [1.807, 2.05) is 19.2 Å². The molecule has 0 unspecified atom stereocenters. The first-order valence-corrected chi connectivity index (χ1v) is 4.91. The lowest BCUT2D eigenvalue weighted by atomic mass is 10.1. The Labute approximate surface area is 90.3 Å². The Bertz CT molecular complexity index is 336. The maximum Gasteiger partial charge on any atom is 0.236 e. The third kappa shape index (κ3) is 3.67. The molecule has 1 N–H and O–H groups in total. The van der Waals surface area contributed by atoms with Gasteiger partial charge < -0.3 is 10.2 Å². The first-order chi connectivity index (χ1) is 7.11. The number of carbonyl (C=O) groups excluding carboxylic acids is 1. The normalized spacial score (nSPS) is 10.1. The van der Waals surface area contributed by atoms with E-state index in [-0.39, 0.29) is 5.91 Å². The van der Waals surface area contributed by atoms with Crippen molar-refractivity contribution in [2.24, 2.45) is 0 Å². The number of carbonyl (C=O) groups is 1. The van der Waals surface area contributed by atoms with Crippen LogP contribution >= 0.6 is 0 Å². The van der Waals surface area contributed by atoms with Gasteiger partial charge in [0.25, 0.3) is 0 Å². The number of nitrogens with one attached hydrogen (secondary N) is 1. The number of rotatable bonds is 4. The molecule has 0 atom stereocenters. The van der Waals surface area contributed by atoms with Crippen LogP contribution in [0.15, 0.2) is 18.5 Å². The highest BCUT2D eigenvalue weighted by Gasteiger charge is 2.03. The van der Waals surface area contributed by atoms with Crippen molar-refractivity contribution >= 4 is 5.91 Å². The lowest BCUT2D eigenvalue weighted by Gasteiger charge is -2.11. The Morgan fingerprint density at radius 1 is 1.53 bits per heavy atom. The second kappa shape index (κ2) is 5.46. The highest BCUT2D eigenvalue weighted by atomic mass is 16.2. The van der Waals surface area contributed by atoms with Gasteiger partial charge in [0.1, 0.15) is 0 Å². The van der Waals surface area contributed by atoms with Crippen LogP contribution < -0.4 is 5.32 Å². The molecule has 1 amide bonds. The minimum Gasteiger partial charge on any atom is -0.348 e. The van der Waals surface area contributed by atoms with Gasteiger partial charge in [0.2, 0.25) is 5.91 Å². The first-order valence-electron chi connectivity index (χ1n) is 4.91. The van der Waals surface area contributed by atoms with Crippen molar-refractivity contribution in [1.82, 2.24) is 15.2 Å². The minimum absolute atomic E-state index is 0.0801. The van der Waals surface area contributed by atoms with Crippen LogP contribution in [0, 0.1) is 6.92 Å². The van der Waals surface area contributed by atoms with E-state index in [9.17, 15) is 4.79 Å². The molecular formula is C11H17N3O. The molecule has 0 aliphatic rings. The third-order valence-electron chi connectivity index (χ3n) is 2.24. The molecule has 0 spiro atoms. The average Bonchev–Trinajstić information content (AvgIpc) is 2.20. The number of aromatic nitrogens is 1. The van der Waals surface area contributed by atoms with Crippen molar-refractivity contribution in [3.05, 3.63) is 29.6 Å². The number of amides is 1. The van der Waals surface area contributed by atoms with Gasteiger partial charge >= 0.3 is 0 Å². The molecule has 0 aromatic carbocycles. The molecule has 0 aliphatic heterocycles. The van der Waals surface area contributed by atoms with Gasteiger partial charge in [-0.05, 0) is 24.1 Å². The summed E-state index contributed by atoms with van der Waals surface area (Å²) >= 11 is 0. The molecule has 1 aromatic rings. The van der Waals surface area contributed by atoms with E-state index >= 15 is 0 Å².